The summed E-state index contributed by atoms with van der Waals surface area (Å²) in [6.45, 7) is 0. The van der Waals surface area contributed by atoms with Gasteiger partial charge in [0, 0.05) is 4.47 Å². The number of ether oxygens (including phenoxy) is 1. The fourth-order valence-corrected chi connectivity index (χ4v) is 1.95. The maximum atomic E-state index is 11.2. The van der Waals surface area contributed by atoms with Crippen molar-refractivity contribution < 1.29 is 9.53 Å². The molecule has 0 radical (unpaired) electrons. The van der Waals surface area contributed by atoms with Crippen molar-refractivity contribution in [2.45, 2.75) is 12.3 Å². The summed E-state index contributed by atoms with van der Waals surface area (Å²) < 4.78 is 5.77. The van der Waals surface area contributed by atoms with Gasteiger partial charge in [0.2, 0.25) is 0 Å². The summed E-state index contributed by atoms with van der Waals surface area (Å²) in [5.41, 5.74) is 1.23. The molecule has 1 saturated carbocycles. The van der Waals surface area contributed by atoms with Gasteiger partial charge in [-0.3, -0.25) is 4.79 Å². The zero-order valence-corrected chi connectivity index (χ0v) is 9.45. The molecule has 0 bridgehead atoms. The van der Waals surface area contributed by atoms with Gasteiger partial charge in [0.25, 0.3) is 0 Å². The van der Waals surface area contributed by atoms with E-state index in [9.17, 15) is 4.79 Å². The van der Waals surface area contributed by atoms with Gasteiger partial charge in [0.15, 0.2) is 0 Å². The van der Waals surface area contributed by atoms with Crippen molar-refractivity contribution >= 4 is 21.9 Å². The van der Waals surface area contributed by atoms with Crippen molar-refractivity contribution in [2.24, 2.45) is 5.92 Å². The molecule has 0 aromatic heterocycles. The molecule has 0 N–H and O–H groups in total. The topological polar surface area (TPSA) is 26.3 Å². The second-order valence-corrected chi connectivity index (χ2v) is 4.44. The standard InChI is InChI=1S/C11H11BrO2/c1-14-11(13)10-6-9(10)7-2-4-8(12)5-3-7/h2-5,9-10H,6H2,1H3/t9-,10?/m0/s1. The lowest BCUT2D eigenvalue weighted by atomic mass is 10.1. The zero-order chi connectivity index (χ0) is 10.1. The van der Waals surface area contributed by atoms with Crippen LogP contribution in [0.3, 0.4) is 0 Å². The lowest BCUT2D eigenvalue weighted by Gasteiger charge is -1.99. The van der Waals surface area contributed by atoms with Crippen molar-refractivity contribution in [3.63, 3.8) is 0 Å². The molecule has 0 saturated heterocycles. The molecule has 0 aliphatic heterocycles. The largest absolute Gasteiger partial charge is 0.469 e. The van der Waals surface area contributed by atoms with E-state index in [4.69, 9.17) is 4.74 Å². The minimum atomic E-state index is -0.0853. The Morgan fingerprint density at radius 3 is 2.64 bits per heavy atom. The summed E-state index contributed by atoms with van der Waals surface area (Å²) >= 11 is 3.38. The Hall–Kier alpha value is -0.830. The summed E-state index contributed by atoms with van der Waals surface area (Å²) in [7, 11) is 1.44. The van der Waals surface area contributed by atoms with Gasteiger partial charge >= 0.3 is 5.97 Å². The quantitative estimate of drug-likeness (QED) is 0.759. The van der Waals surface area contributed by atoms with Crippen molar-refractivity contribution in [3.05, 3.63) is 34.3 Å². The van der Waals surface area contributed by atoms with E-state index in [0.717, 1.165) is 10.9 Å². The van der Waals surface area contributed by atoms with Crippen molar-refractivity contribution in [1.82, 2.24) is 0 Å². The molecule has 2 nitrogen and oxygen atoms in total. The Kier molecular flexibility index (Phi) is 2.59. The molecule has 1 fully saturated rings. The first-order chi connectivity index (χ1) is 6.72. The first-order valence-corrected chi connectivity index (χ1v) is 5.35. The Bertz CT molecular complexity index is 345. The van der Waals surface area contributed by atoms with Gasteiger partial charge in [-0.05, 0) is 30.0 Å². The molecule has 0 spiro atoms. The normalized spacial score (nSPS) is 24.4. The van der Waals surface area contributed by atoms with Gasteiger partial charge in [-0.25, -0.2) is 0 Å². The molecule has 2 atom stereocenters. The van der Waals surface area contributed by atoms with Gasteiger partial charge in [-0.2, -0.15) is 0 Å². The zero-order valence-electron chi connectivity index (χ0n) is 7.87. The van der Waals surface area contributed by atoms with Crippen molar-refractivity contribution in [1.29, 1.82) is 0 Å². The highest BCUT2D eigenvalue weighted by atomic mass is 79.9. The number of benzene rings is 1. The number of carbonyl (C=O) groups is 1. The van der Waals surface area contributed by atoms with Crippen LogP contribution in [-0.2, 0) is 9.53 Å². The minimum Gasteiger partial charge on any atom is -0.469 e. The van der Waals surface area contributed by atoms with Crippen LogP contribution in [0.5, 0.6) is 0 Å². The summed E-state index contributed by atoms with van der Waals surface area (Å²) in [6.07, 6.45) is 0.925. The van der Waals surface area contributed by atoms with E-state index in [1.54, 1.807) is 0 Å². The van der Waals surface area contributed by atoms with Gasteiger partial charge in [-0.15, -0.1) is 0 Å². The Morgan fingerprint density at radius 1 is 1.43 bits per heavy atom. The van der Waals surface area contributed by atoms with Crippen LogP contribution >= 0.6 is 15.9 Å². The van der Waals surface area contributed by atoms with Crippen LogP contribution in [0.4, 0.5) is 0 Å². The average Bonchev–Trinajstić information content (AvgIpc) is 2.98. The fraction of sp³-hybridized carbons (Fsp3) is 0.364. The highest BCUT2D eigenvalue weighted by molar-refractivity contribution is 9.10. The maximum Gasteiger partial charge on any atom is 0.309 e. The van der Waals surface area contributed by atoms with Crippen LogP contribution in [0.1, 0.15) is 17.9 Å². The fourth-order valence-electron chi connectivity index (χ4n) is 1.69. The number of methoxy groups -OCH3 is 1. The molecule has 3 heteroatoms. The Labute approximate surface area is 91.4 Å². The Balaban J connectivity index is 2.06. The van der Waals surface area contributed by atoms with Crippen molar-refractivity contribution in [3.8, 4) is 0 Å². The monoisotopic (exact) mass is 254 g/mol. The highest BCUT2D eigenvalue weighted by Gasteiger charge is 2.44. The molecule has 74 valence electrons. The number of rotatable bonds is 2. The Morgan fingerprint density at radius 2 is 2.07 bits per heavy atom. The van der Waals surface area contributed by atoms with E-state index >= 15 is 0 Å². The number of halogens is 1. The van der Waals surface area contributed by atoms with Crippen LogP contribution in [0.15, 0.2) is 28.7 Å². The lowest BCUT2D eigenvalue weighted by molar-refractivity contribution is -0.142. The van der Waals surface area contributed by atoms with Crippen LogP contribution in [0.2, 0.25) is 0 Å². The lowest BCUT2D eigenvalue weighted by Crippen LogP contribution is -2.03. The summed E-state index contributed by atoms with van der Waals surface area (Å²) in [5.74, 6) is 0.370. The van der Waals surface area contributed by atoms with E-state index in [2.05, 4.69) is 28.1 Å². The molecule has 1 aliphatic carbocycles. The SMILES string of the molecule is COC(=O)C1C[C@H]1c1ccc(Br)cc1. The second-order valence-electron chi connectivity index (χ2n) is 3.52. The molecule has 2 rings (SSSR count). The third kappa shape index (κ3) is 1.82. The summed E-state index contributed by atoms with van der Waals surface area (Å²) in [5, 5.41) is 0. The molecule has 14 heavy (non-hydrogen) atoms. The van der Waals surface area contributed by atoms with Crippen LogP contribution < -0.4 is 0 Å². The van der Waals surface area contributed by atoms with Gasteiger partial charge in [-0.1, -0.05) is 28.1 Å². The minimum absolute atomic E-state index is 0.0844. The number of carbonyl (C=O) groups excluding carboxylic acids is 1. The molecule has 1 unspecified atom stereocenters. The first kappa shape index (κ1) is 9.71. The van der Waals surface area contributed by atoms with Gasteiger partial charge in [0.1, 0.15) is 0 Å². The number of hydrogen-bond acceptors (Lipinski definition) is 2. The van der Waals surface area contributed by atoms with Crippen molar-refractivity contribution in [2.75, 3.05) is 7.11 Å². The molecule has 1 aromatic carbocycles. The van der Waals surface area contributed by atoms with Crippen LogP contribution in [0, 0.1) is 5.92 Å². The third-order valence-corrected chi connectivity index (χ3v) is 3.12. The van der Waals surface area contributed by atoms with Gasteiger partial charge < -0.3 is 4.74 Å². The summed E-state index contributed by atoms with van der Waals surface area (Å²) in [4.78, 5) is 11.2. The highest BCUT2D eigenvalue weighted by Crippen LogP contribution is 2.48. The number of hydrogen-bond donors (Lipinski definition) is 0. The van der Waals surface area contributed by atoms with E-state index in [1.807, 2.05) is 12.1 Å². The average molecular weight is 255 g/mol. The summed E-state index contributed by atoms with van der Waals surface area (Å²) in [6, 6.07) is 8.11. The molecular formula is C11H11BrO2. The van der Waals surface area contributed by atoms with Crippen LogP contribution in [0.25, 0.3) is 0 Å². The van der Waals surface area contributed by atoms with E-state index in [1.165, 1.54) is 12.7 Å². The molecular weight excluding hydrogens is 244 g/mol. The van der Waals surface area contributed by atoms with Gasteiger partial charge in [0.05, 0.1) is 13.0 Å². The molecule has 0 amide bonds. The predicted octanol–water partition coefficient (Wildman–Crippen LogP) is 2.73. The second kappa shape index (κ2) is 3.73. The smallest absolute Gasteiger partial charge is 0.309 e. The van der Waals surface area contributed by atoms with Crippen LogP contribution in [-0.4, -0.2) is 13.1 Å². The third-order valence-electron chi connectivity index (χ3n) is 2.59. The van der Waals surface area contributed by atoms with E-state index in [-0.39, 0.29) is 11.9 Å². The molecule has 0 heterocycles. The molecule has 1 aliphatic rings. The molecule has 1 aromatic rings. The number of esters is 1. The maximum absolute atomic E-state index is 11.2. The van der Waals surface area contributed by atoms with E-state index < -0.39 is 0 Å². The predicted molar refractivity (Wildman–Crippen MR) is 57.0 cm³/mol. The first-order valence-electron chi connectivity index (χ1n) is 4.55. The van der Waals surface area contributed by atoms with E-state index in [0.29, 0.717) is 5.92 Å².